The predicted octanol–water partition coefficient (Wildman–Crippen LogP) is 3.16. The van der Waals surface area contributed by atoms with Crippen LogP contribution in [0.15, 0.2) is 12.1 Å². The minimum absolute atomic E-state index is 0.00477. The van der Waals surface area contributed by atoms with Crippen LogP contribution in [-0.4, -0.2) is 25.2 Å². The number of aryl methyl sites for hydroxylation is 3. The molecule has 1 aromatic carbocycles. The van der Waals surface area contributed by atoms with Gasteiger partial charge in [-0.1, -0.05) is 6.07 Å². The van der Waals surface area contributed by atoms with Crippen molar-refractivity contribution in [3.05, 3.63) is 34.4 Å². The topological polar surface area (TPSA) is 38.3 Å². The summed E-state index contributed by atoms with van der Waals surface area (Å²) >= 11 is 0. The summed E-state index contributed by atoms with van der Waals surface area (Å²) in [6.45, 7) is 11.4. The summed E-state index contributed by atoms with van der Waals surface area (Å²) < 4.78 is 5.44. The molecule has 0 aliphatic rings. The van der Waals surface area contributed by atoms with Crippen LogP contribution in [0.3, 0.4) is 0 Å². The molecule has 1 amide bonds. The molecule has 0 radical (unpaired) electrons. The van der Waals surface area contributed by atoms with Crippen LogP contribution in [0, 0.1) is 20.8 Å². The summed E-state index contributed by atoms with van der Waals surface area (Å²) in [5.41, 5.74) is 4.17. The van der Waals surface area contributed by atoms with Crippen LogP contribution in [0.25, 0.3) is 0 Å². The molecule has 0 atom stereocenters. The SMILES string of the molecule is Cc1cc(C)c(C(=O)NCCCOC(C)C)cc1C. The van der Waals surface area contributed by atoms with E-state index in [4.69, 9.17) is 4.74 Å². The van der Waals surface area contributed by atoms with E-state index >= 15 is 0 Å². The van der Waals surface area contributed by atoms with Crippen molar-refractivity contribution in [2.75, 3.05) is 13.2 Å². The molecule has 0 aromatic heterocycles. The number of hydrogen-bond acceptors (Lipinski definition) is 2. The molecule has 0 spiro atoms. The van der Waals surface area contributed by atoms with Crippen LogP contribution < -0.4 is 5.32 Å². The lowest BCUT2D eigenvalue weighted by atomic mass is 10.0. The zero-order valence-corrected chi connectivity index (χ0v) is 12.7. The molecule has 0 aliphatic heterocycles. The standard InChI is InChI=1S/C16H25NO2/c1-11(2)19-8-6-7-17-16(18)15-10-13(4)12(3)9-14(15)5/h9-11H,6-8H2,1-5H3,(H,17,18). The van der Waals surface area contributed by atoms with Gasteiger partial charge >= 0.3 is 0 Å². The minimum Gasteiger partial charge on any atom is -0.379 e. The maximum absolute atomic E-state index is 12.1. The highest BCUT2D eigenvalue weighted by atomic mass is 16.5. The van der Waals surface area contributed by atoms with E-state index in [0.717, 1.165) is 23.1 Å². The summed E-state index contributed by atoms with van der Waals surface area (Å²) in [6, 6.07) is 4.02. The van der Waals surface area contributed by atoms with E-state index in [-0.39, 0.29) is 12.0 Å². The zero-order valence-electron chi connectivity index (χ0n) is 12.7. The Balaban J connectivity index is 2.48. The summed E-state index contributed by atoms with van der Waals surface area (Å²) in [6.07, 6.45) is 1.09. The van der Waals surface area contributed by atoms with Gasteiger partial charge in [0.2, 0.25) is 0 Å². The van der Waals surface area contributed by atoms with E-state index in [0.29, 0.717) is 13.2 Å². The van der Waals surface area contributed by atoms with E-state index in [1.54, 1.807) is 0 Å². The first-order valence-electron chi connectivity index (χ1n) is 6.89. The fourth-order valence-corrected chi connectivity index (χ4v) is 1.89. The molecule has 1 rings (SSSR count). The second kappa shape index (κ2) is 7.29. The van der Waals surface area contributed by atoms with E-state index in [1.165, 1.54) is 5.56 Å². The number of benzene rings is 1. The van der Waals surface area contributed by atoms with Crippen molar-refractivity contribution in [1.29, 1.82) is 0 Å². The Morgan fingerprint density at radius 1 is 1.16 bits per heavy atom. The number of rotatable bonds is 6. The van der Waals surface area contributed by atoms with Crippen molar-refractivity contribution in [1.82, 2.24) is 5.32 Å². The van der Waals surface area contributed by atoms with E-state index in [1.807, 2.05) is 33.8 Å². The van der Waals surface area contributed by atoms with Crippen LogP contribution in [-0.2, 0) is 4.74 Å². The molecule has 106 valence electrons. The van der Waals surface area contributed by atoms with Gasteiger partial charge in [0.25, 0.3) is 5.91 Å². The van der Waals surface area contributed by atoms with Crippen LogP contribution >= 0.6 is 0 Å². The molecule has 0 saturated carbocycles. The lowest BCUT2D eigenvalue weighted by Gasteiger charge is -2.11. The van der Waals surface area contributed by atoms with Crippen molar-refractivity contribution >= 4 is 5.91 Å². The van der Waals surface area contributed by atoms with Crippen molar-refractivity contribution in [3.63, 3.8) is 0 Å². The smallest absolute Gasteiger partial charge is 0.251 e. The molecule has 0 saturated heterocycles. The van der Waals surface area contributed by atoms with Gasteiger partial charge in [-0.25, -0.2) is 0 Å². The van der Waals surface area contributed by atoms with Gasteiger partial charge < -0.3 is 10.1 Å². The lowest BCUT2D eigenvalue weighted by Crippen LogP contribution is -2.26. The molecule has 19 heavy (non-hydrogen) atoms. The minimum atomic E-state index is 0.00477. The number of carbonyl (C=O) groups excluding carboxylic acids is 1. The summed E-state index contributed by atoms with van der Waals surface area (Å²) in [5.74, 6) is 0.00477. The van der Waals surface area contributed by atoms with Gasteiger partial charge in [-0.05, 0) is 63.8 Å². The normalized spacial score (nSPS) is 10.8. The molecule has 0 fully saturated rings. The average molecular weight is 263 g/mol. The maximum Gasteiger partial charge on any atom is 0.251 e. The first-order valence-corrected chi connectivity index (χ1v) is 6.89. The highest BCUT2D eigenvalue weighted by Gasteiger charge is 2.09. The molecule has 3 heteroatoms. The molecule has 0 heterocycles. The molecular formula is C16H25NO2. The van der Waals surface area contributed by atoms with Crippen molar-refractivity contribution < 1.29 is 9.53 Å². The van der Waals surface area contributed by atoms with Gasteiger partial charge in [0.1, 0.15) is 0 Å². The summed E-state index contributed by atoms with van der Waals surface area (Å²) in [5, 5.41) is 2.94. The van der Waals surface area contributed by atoms with Crippen molar-refractivity contribution in [2.24, 2.45) is 0 Å². The fourth-order valence-electron chi connectivity index (χ4n) is 1.89. The zero-order chi connectivity index (χ0) is 14.4. The Kier molecular flexibility index (Phi) is 6.03. The Morgan fingerprint density at radius 3 is 2.42 bits per heavy atom. The summed E-state index contributed by atoms with van der Waals surface area (Å²) in [4.78, 5) is 12.1. The third kappa shape index (κ3) is 5.03. The number of nitrogens with one attached hydrogen (secondary N) is 1. The van der Waals surface area contributed by atoms with Crippen LogP contribution in [0.1, 0.15) is 47.3 Å². The van der Waals surface area contributed by atoms with Gasteiger partial charge in [-0.2, -0.15) is 0 Å². The van der Waals surface area contributed by atoms with E-state index in [2.05, 4.69) is 18.3 Å². The van der Waals surface area contributed by atoms with Gasteiger partial charge in [0, 0.05) is 18.7 Å². The van der Waals surface area contributed by atoms with Crippen LogP contribution in [0.4, 0.5) is 0 Å². The number of carbonyl (C=O) groups is 1. The Bertz CT molecular complexity index is 439. The van der Waals surface area contributed by atoms with Crippen LogP contribution in [0.2, 0.25) is 0 Å². The van der Waals surface area contributed by atoms with Gasteiger partial charge in [0.15, 0.2) is 0 Å². The summed E-state index contributed by atoms with van der Waals surface area (Å²) in [7, 11) is 0. The third-order valence-electron chi connectivity index (χ3n) is 3.14. The quantitative estimate of drug-likeness (QED) is 0.801. The Hall–Kier alpha value is -1.35. The van der Waals surface area contributed by atoms with Crippen molar-refractivity contribution in [2.45, 2.75) is 47.1 Å². The molecular weight excluding hydrogens is 238 g/mol. The van der Waals surface area contributed by atoms with Gasteiger partial charge in [-0.15, -0.1) is 0 Å². The second-order valence-corrected chi connectivity index (χ2v) is 5.28. The fraction of sp³-hybridized carbons (Fsp3) is 0.562. The second-order valence-electron chi connectivity index (χ2n) is 5.28. The molecule has 1 aromatic rings. The molecule has 0 aliphatic carbocycles. The van der Waals surface area contributed by atoms with Gasteiger partial charge in [-0.3, -0.25) is 4.79 Å². The molecule has 0 bridgehead atoms. The van der Waals surface area contributed by atoms with Crippen LogP contribution in [0.5, 0.6) is 0 Å². The van der Waals surface area contributed by atoms with Crippen molar-refractivity contribution in [3.8, 4) is 0 Å². The molecule has 3 nitrogen and oxygen atoms in total. The molecule has 1 N–H and O–H groups in total. The number of amides is 1. The van der Waals surface area contributed by atoms with E-state index < -0.39 is 0 Å². The molecule has 0 unspecified atom stereocenters. The Labute approximate surface area is 116 Å². The number of ether oxygens (including phenoxy) is 1. The number of hydrogen-bond donors (Lipinski definition) is 1. The Morgan fingerprint density at radius 2 is 1.79 bits per heavy atom. The third-order valence-corrected chi connectivity index (χ3v) is 3.14. The monoisotopic (exact) mass is 263 g/mol. The largest absolute Gasteiger partial charge is 0.379 e. The first-order chi connectivity index (χ1) is 8.91. The predicted molar refractivity (Wildman–Crippen MR) is 78.7 cm³/mol. The lowest BCUT2D eigenvalue weighted by molar-refractivity contribution is 0.0757. The highest BCUT2D eigenvalue weighted by molar-refractivity contribution is 5.95. The highest BCUT2D eigenvalue weighted by Crippen LogP contribution is 2.15. The van der Waals surface area contributed by atoms with E-state index in [9.17, 15) is 4.79 Å². The maximum atomic E-state index is 12.1. The average Bonchev–Trinajstić information content (AvgIpc) is 2.32. The first kappa shape index (κ1) is 15.7. The van der Waals surface area contributed by atoms with Gasteiger partial charge in [0.05, 0.1) is 6.10 Å².